The molecule has 0 radical (unpaired) electrons. The molecule has 20 heavy (non-hydrogen) atoms. The number of fused-ring (bicyclic) bond motifs is 2. The molecule has 4 nitrogen and oxygen atoms in total. The van der Waals surface area contributed by atoms with Crippen LogP contribution in [0.4, 0.5) is 0 Å². The highest BCUT2D eigenvalue weighted by atomic mass is 16.5. The summed E-state index contributed by atoms with van der Waals surface area (Å²) in [6, 6.07) is 0. The molecule has 1 aliphatic heterocycles. The second-order valence-electron chi connectivity index (χ2n) is 7.23. The largest absolute Gasteiger partial charge is 0.389 e. The highest BCUT2D eigenvalue weighted by Crippen LogP contribution is 2.48. The molecule has 0 aromatic heterocycles. The van der Waals surface area contributed by atoms with Crippen molar-refractivity contribution in [1.82, 2.24) is 9.80 Å². The van der Waals surface area contributed by atoms with Gasteiger partial charge in [0.2, 0.25) is 0 Å². The zero-order valence-electron chi connectivity index (χ0n) is 12.8. The summed E-state index contributed by atoms with van der Waals surface area (Å²) in [5.41, 5.74) is 0. The summed E-state index contributed by atoms with van der Waals surface area (Å²) in [4.78, 5) is 4.69. The van der Waals surface area contributed by atoms with E-state index in [9.17, 15) is 5.11 Å². The molecule has 116 valence electrons. The summed E-state index contributed by atoms with van der Waals surface area (Å²) in [5, 5.41) is 10.1. The summed E-state index contributed by atoms with van der Waals surface area (Å²) in [6.07, 6.45) is 5.37. The van der Waals surface area contributed by atoms with E-state index in [1.54, 1.807) is 0 Å². The minimum absolute atomic E-state index is 0.322. The minimum Gasteiger partial charge on any atom is -0.389 e. The van der Waals surface area contributed by atoms with Crippen LogP contribution in [0.1, 0.15) is 25.7 Å². The average molecular weight is 282 g/mol. The summed E-state index contributed by atoms with van der Waals surface area (Å²) >= 11 is 0. The molecule has 2 bridgehead atoms. The van der Waals surface area contributed by atoms with Gasteiger partial charge in [0, 0.05) is 39.3 Å². The third kappa shape index (κ3) is 3.73. The summed E-state index contributed by atoms with van der Waals surface area (Å²) in [5.74, 6) is 2.70. The third-order valence-corrected chi connectivity index (χ3v) is 5.59. The summed E-state index contributed by atoms with van der Waals surface area (Å²) in [6.45, 7) is 6.52. The highest BCUT2D eigenvalue weighted by molar-refractivity contribution is 4.89. The predicted octanol–water partition coefficient (Wildman–Crippen LogP) is 1.05. The van der Waals surface area contributed by atoms with Crippen molar-refractivity contribution >= 4 is 0 Å². The third-order valence-electron chi connectivity index (χ3n) is 5.59. The number of nitrogens with zero attached hydrogens (tertiary/aromatic N) is 2. The maximum Gasteiger partial charge on any atom is 0.0900 e. The summed E-state index contributed by atoms with van der Waals surface area (Å²) in [7, 11) is 2.16. The molecule has 0 aromatic carbocycles. The van der Waals surface area contributed by atoms with Crippen LogP contribution >= 0.6 is 0 Å². The van der Waals surface area contributed by atoms with Gasteiger partial charge in [-0.3, -0.25) is 4.90 Å². The first-order valence-electron chi connectivity index (χ1n) is 8.37. The number of β-amino-alcohol motifs (C(OH)–C–C–N with tert-alkyl or cyclic N) is 1. The van der Waals surface area contributed by atoms with Crippen molar-refractivity contribution in [2.75, 3.05) is 53.0 Å². The fourth-order valence-corrected chi connectivity index (χ4v) is 4.32. The molecular weight excluding hydrogens is 252 g/mol. The van der Waals surface area contributed by atoms with Gasteiger partial charge >= 0.3 is 0 Å². The fraction of sp³-hybridized carbons (Fsp3) is 1.00. The van der Waals surface area contributed by atoms with E-state index in [2.05, 4.69) is 16.8 Å². The molecule has 4 heteroatoms. The molecule has 1 N–H and O–H groups in total. The van der Waals surface area contributed by atoms with Crippen molar-refractivity contribution in [2.45, 2.75) is 31.8 Å². The van der Waals surface area contributed by atoms with Crippen molar-refractivity contribution < 1.29 is 9.84 Å². The van der Waals surface area contributed by atoms with Gasteiger partial charge in [-0.25, -0.2) is 0 Å². The molecule has 0 unspecified atom stereocenters. The van der Waals surface area contributed by atoms with E-state index in [4.69, 9.17) is 4.74 Å². The Morgan fingerprint density at radius 3 is 2.60 bits per heavy atom. The SMILES string of the molecule is CN1CCN(C[C@@H](O)COC[C@H]2C[C@@H]3CC[C@@H]2C3)CC1. The lowest BCUT2D eigenvalue weighted by Gasteiger charge is -2.33. The van der Waals surface area contributed by atoms with E-state index in [1.165, 1.54) is 25.7 Å². The quantitative estimate of drug-likeness (QED) is 0.790. The number of rotatable bonds is 6. The standard InChI is InChI=1S/C16H30N2O2/c1-17-4-6-18(7-5-17)10-16(19)12-20-11-15-9-13-2-3-14(15)8-13/h13-16,19H,2-12H2,1H3/t13-,14-,15-,16-/m1/s1. The van der Waals surface area contributed by atoms with Crippen molar-refractivity contribution in [3.63, 3.8) is 0 Å². The van der Waals surface area contributed by atoms with E-state index >= 15 is 0 Å². The first kappa shape index (κ1) is 14.8. The van der Waals surface area contributed by atoms with Crippen LogP contribution < -0.4 is 0 Å². The van der Waals surface area contributed by atoms with Crippen LogP contribution in [0, 0.1) is 17.8 Å². The topological polar surface area (TPSA) is 35.9 Å². The maximum atomic E-state index is 10.1. The average Bonchev–Trinajstić information content (AvgIpc) is 3.04. The first-order chi connectivity index (χ1) is 9.70. The second-order valence-corrected chi connectivity index (χ2v) is 7.23. The number of aliphatic hydroxyl groups excluding tert-OH is 1. The van der Waals surface area contributed by atoms with Crippen LogP contribution in [-0.2, 0) is 4.74 Å². The van der Waals surface area contributed by atoms with E-state index < -0.39 is 0 Å². The van der Waals surface area contributed by atoms with Crippen molar-refractivity contribution in [3.8, 4) is 0 Å². The van der Waals surface area contributed by atoms with E-state index in [0.717, 1.165) is 57.1 Å². The second kappa shape index (κ2) is 6.73. The molecule has 2 saturated carbocycles. The van der Waals surface area contributed by atoms with Crippen molar-refractivity contribution in [1.29, 1.82) is 0 Å². The molecule has 3 rings (SSSR count). The van der Waals surface area contributed by atoms with Gasteiger partial charge in [-0.2, -0.15) is 0 Å². The van der Waals surface area contributed by atoms with Gasteiger partial charge in [-0.05, 0) is 44.1 Å². The number of hydrogen-bond donors (Lipinski definition) is 1. The highest BCUT2D eigenvalue weighted by Gasteiger charge is 2.39. The molecule has 3 aliphatic rings. The number of hydrogen-bond acceptors (Lipinski definition) is 4. The van der Waals surface area contributed by atoms with Crippen LogP contribution in [0.25, 0.3) is 0 Å². The Bertz CT molecular complexity index is 305. The Morgan fingerprint density at radius 1 is 1.15 bits per heavy atom. The molecular formula is C16H30N2O2. The molecule has 0 amide bonds. The Balaban J connectivity index is 1.28. The lowest BCUT2D eigenvalue weighted by atomic mass is 9.90. The van der Waals surface area contributed by atoms with Crippen LogP contribution in [0.5, 0.6) is 0 Å². The smallest absolute Gasteiger partial charge is 0.0900 e. The van der Waals surface area contributed by atoms with E-state index in [1.807, 2.05) is 0 Å². The summed E-state index contributed by atoms with van der Waals surface area (Å²) < 4.78 is 5.81. The van der Waals surface area contributed by atoms with E-state index in [-0.39, 0.29) is 6.10 Å². The Morgan fingerprint density at radius 2 is 1.95 bits per heavy atom. The monoisotopic (exact) mass is 282 g/mol. The molecule has 3 fully saturated rings. The van der Waals surface area contributed by atoms with Crippen molar-refractivity contribution in [2.24, 2.45) is 17.8 Å². The number of piperazine rings is 1. The number of ether oxygens (including phenoxy) is 1. The van der Waals surface area contributed by atoms with Gasteiger partial charge in [0.1, 0.15) is 0 Å². The Labute approximate surface area is 123 Å². The van der Waals surface area contributed by atoms with Crippen LogP contribution in [-0.4, -0.2) is 74.0 Å². The lowest BCUT2D eigenvalue weighted by Crippen LogP contribution is -2.47. The van der Waals surface area contributed by atoms with Gasteiger partial charge in [0.05, 0.1) is 12.7 Å². The lowest BCUT2D eigenvalue weighted by molar-refractivity contribution is -0.00742. The molecule has 4 atom stereocenters. The van der Waals surface area contributed by atoms with Gasteiger partial charge in [0.25, 0.3) is 0 Å². The normalized spacial score (nSPS) is 36.6. The van der Waals surface area contributed by atoms with Gasteiger partial charge in [-0.15, -0.1) is 0 Å². The predicted molar refractivity (Wildman–Crippen MR) is 79.7 cm³/mol. The van der Waals surface area contributed by atoms with Crippen LogP contribution in [0.2, 0.25) is 0 Å². The Kier molecular flexibility index (Phi) is 4.97. The minimum atomic E-state index is -0.322. The zero-order chi connectivity index (χ0) is 13.9. The first-order valence-corrected chi connectivity index (χ1v) is 8.37. The van der Waals surface area contributed by atoms with Gasteiger partial charge in [-0.1, -0.05) is 6.42 Å². The van der Waals surface area contributed by atoms with E-state index in [0.29, 0.717) is 6.61 Å². The molecule has 0 spiro atoms. The molecule has 1 saturated heterocycles. The molecule has 1 heterocycles. The van der Waals surface area contributed by atoms with Crippen LogP contribution in [0.3, 0.4) is 0 Å². The van der Waals surface area contributed by atoms with Gasteiger partial charge in [0.15, 0.2) is 0 Å². The molecule has 2 aliphatic carbocycles. The zero-order valence-corrected chi connectivity index (χ0v) is 12.8. The van der Waals surface area contributed by atoms with Crippen LogP contribution in [0.15, 0.2) is 0 Å². The Hall–Kier alpha value is -0.160. The van der Waals surface area contributed by atoms with Crippen molar-refractivity contribution in [3.05, 3.63) is 0 Å². The molecule has 0 aromatic rings. The maximum absolute atomic E-state index is 10.1. The fourth-order valence-electron chi connectivity index (χ4n) is 4.32. The van der Waals surface area contributed by atoms with Gasteiger partial charge < -0.3 is 14.7 Å². The number of aliphatic hydroxyl groups is 1. The number of likely N-dealkylation sites (N-methyl/N-ethyl adjacent to an activating group) is 1.